The third-order valence-corrected chi connectivity index (χ3v) is 6.99. The lowest BCUT2D eigenvalue weighted by Gasteiger charge is -2.58. The van der Waals surface area contributed by atoms with Crippen LogP contribution in [0.4, 0.5) is 0 Å². The molecule has 1 aliphatic heterocycles. The Morgan fingerprint density at radius 1 is 0.909 bits per heavy atom. The second kappa shape index (κ2) is 5.94. The van der Waals surface area contributed by atoms with Gasteiger partial charge in [0.1, 0.15) is 0 Å². The van der Waals surface area contributed by atoms with Gasteiger partial charge in [0.2, 0.25) is 0 Å². The van der Waals surface area contributed by atoms with Crippen molar-refractivity contribution in [1.82, 2.24) is 15.1 Å². The van der Waals surface area contributed by atoms with Gasteiger partial charge in [-0.3, -0.25) is 4.90 Å². The van der Waals surface area contributed by atoms with Gasteiger partial charge in [-0.15, -0.1) is 0 Å². The lowest BCUT2D eigenvalue weighted by Crippen LogP contribution is -2.61. The van der Waals surface area contributed by atoms with Crippen molar-refractivity contribution < 1.29 is 0 Å². The van der Waals surface area contributed by atoms with Crippen LogP contribution in [-0.2, 0) is 0 Å². The number of piperazine rings is 1. The molecule has 5 fully saturated rings. The normalized spacial score (nSPS) is 41.2. The standard InChI is InChI=1S/C18H31N3S/c1-12(2)19-18(22)21-5-3-20(4-6-21)17-15-8-13-7-14(10-15)11-16(17)9-13/h12-17H,3-11H2,1-2H3,(H,19,22). The molecular weight excluding hydrogens is 290 g/mol. The van der Waals surface area contributed by atoms with Crippen molar-refractivity contribution in [3.63, 3.8) is 0 Å². The highest BCUT2D eigenvalue weighted by atomic mass is 32.1. The zero-order valence-electron chi connectivity index (χ0n) is 14.1. The van der Waals surface area contributed by atoms with E-state index in [9.17, 15) is 0 Å². The third kappa shape index (κ3) is 2.77. The van der Waals surface area contributed by atoms with Crippen LogP contribution in [0, 0.1) is 23.7 Å². The maximum atomic E-state index is 5.54. The van der Waals surface area contributed by atoms with Gasteiger partial charge in [-0.25, -0.2) is 0 Å². The molecule has 0 spiro atoms. The first-order chi connectivity index (χ1) is 10.6. The van der Waals surface area contributed by atoms with Gasteiger partial charge in [-0.2, -0.15) is 0 Å². The van der Waals surface area contributed by atoms with Gasteiger partial charge in [0, 0.05) is 38.3 Å². The van der Waals surface area contributed by atoms with E-state index < -0.39 is 0 Å². The van der Waals surface area contributed by atoms with Gasteiger partial charge in [0.25, 0.3) is 0 Å². The van der Waals surface area contributed by atoms with Crippen molar-refractivity contribution in [2.75, 3.05) is 26.2 Å². The van der Waals surface area contributed by atoms with Crippen LogP contribution < -0.4 is 5.32 Å². The Morgan fingerprint density at radius 2 is 1.45 bits per heavy atom. The van der Waals surface area contributed by atoms with Gasteiger partial charge < -0.3 is 10.2 Å². The Kier molecular flexibility index (Phi) is 4.10. The van der Waals surface area contributed by atoms with Gasteiger partial charge in [-0.05, 0) is 81.8 Å². The van der Waals surface area contributed by atoms with E-state index in [4.69, 9.17) is 12.2 Å². The minimum Gasteiger partial charge on any atom is -0.360 e. The van der Waals surface area contributed by atoms with Crippen LogP contribution in [0.3, 0.4) is 0 Å². The molecule has 124 valence electrons. The molecule has 5 rings (SSSR count). The summed E-state index contributed by atoms with van der Waals surface area (Å²) in [6.07, 6.45) is 7.69. The minimum atomic E-state index is 0.440. The Morgan fingerprint density at radius 3 is 1.95 bits per heavy atom. The average Bonchev–Trinajstić information content (AvgIpc) is 2.46. The van der Waals surface area contributed by atoms with E-state index in [1.165, 1.54) is 38.8 Å². The number of hydrogen-bond donors (Lipinski definition) is 1. The second-order valence-corrected chi connectivity index (χ2v) is 8.94. The SMILES string of the molecule is CC(C)NC(=S)N1CCN(C2C3CC4CC(C3)CC2C4)CC1. The largest absolute Gasteiger partial charge is 0.360 e. The molecular formula is C18H31N3S. The van der Waals surface area contributed by atoms with Crippen LogP contribution >= 0.6 is 12.2 Å². The summed E-state index contributed by atoms with van der Waals surface area (Å²) in [5.41, 5.74) is 0. The summed E-state index contributed by atoms with van der Waals surface area (Å²) in [7, 11) is 0. The zero-order chi connectivity index (χ0) is 15.3. The summed E-state index contributed by atoms with van der Waals surface area (Å²) in [5, 5.41) is 4.36. The highest BCUT2D eigenvalue weighted by Crippen LogP contribution is 2.55. The topological polar surface area (TPSA) is 18.5 Å². The quantitative estimate of drug-likeness (QED) is 0.788. The van der Waals surface area contributed by atoms with Gasteiger partial charge >= 0.3 is 0 Å². The third-order valence-electron chi connectivity index (χ3n) is 6.61. The molecule has 0 unspecified atom stereocenters. The number of nitrogens with zero attached hydrogens (tertiary/aromatic N) is 2. The summed E-state index contributed by atoms with van der Waals surface area (Å²) >= 11 is 5.54. The van der Waals surface area contributed by atoms with E-state index in [1.807, 2.05) is 0 Å². The average molecular weight is 322 g/mol. The Bertz CT molecular complexity index is 400. The van der Waals surface area contributed by atoms with Crippen molar-refractivity contribution in [3.8, 4) is 0 Å². The number of thiocarbonyl (C=S) groups is 1. The number of rotatable bonds is 2. The van der Waals surface area contributed by atoms with Crippen LogP contribution in [0.5, 0.6) is 0 Å². The van der Waals surface area contributed by atoms with Crippen LogP contribution in [0.2, 0.25) is 0 Å². The molecule has 22 heavy (non-hydrogen) atoms. The monoisotopic (exact) mass is 321 g/mol. The molecule has 0 aromatic rings. The highest BCUT2D eigenvalue weighted by molar-refractivity contribution is 7.80. The lowest BCUT2D eigenvalue weighted by atomic mass is 9.54. The molecule has 4 bridgehead atoms. The van der Waals surface area contributed by atoms with E-state index in [0.717, 1.165) is 47.9 Å². The van der Waals surface area contributed by atoms with Gasteiger partial charge in [-0.1, -0.05) is 0 Å². The second-order valence-electron chi connectivity index (χ2n) is 8.55. The summed E-state index contributed by atoms with van der Waals surface area (Å²) in [4.78, 5) is 5.21. The fourth-order valence-corrected chi connectivity index (χ4v) is 6.47. The molecule has 4 saturated carbocycles. The van der Waals surface area contributed by atoms with Gasteiger partial charge in [0.05, 0.1) is 0 Å². The molecule has 0 atom stereocenters. The van der Waals surface area contributed by atoms with E-state index >= 15 is 0 Å². The molecule has 0 amide bonds. The maximum Gasteiger partial charge on any atom is 0.169 e. The molecule has 0 aromatic heterocycles. The van der Waals surface area contributed by atoms with E-state index in [-0.39, 0.29) is 0 Å². The molecule has 0 aromatic carbocycles. The van der Waals surface area contributed by atoms with Crippen LogP contribution in [-0.4, -0.2) is 53.2 Å². The molecule has 4 aliphatic carbocycles. The van der Waals surface area contributed by atoms with Crippen molar-refractivity contribution in [3.05, 3.63) is 0 Å². The highest BCUT2D eigenvalue weighted by Gasteiger charge is 2.50. The molecule has 5 aliphatic rings. The molecule has 4 heteroatoms. The van der Waals surface area contributed by atoms with E-state index in [0.29, 0.717) is 6.04 Å². The summed E-state index contributed by atoms with van der Waals surface area (Å²) in [6, 6.07) is 1.34. The van der Waals surface area contributed by atoms with Crippen LogP contribution in [0.15, 0.2) is 0 Å². The van der Waals surface area contributed by atoms with E-state index in [1.54, 1.807) is 6.42 Å². The first kappa shape index (κ1) is 15.2. The van der Waals surface area contributed by atoms with Gasteiger partial charge in [0.15, 0.2) is 5.11 Å². The Labute approximate surface area is 140 Å². The molecule has 1 saturated heterocycles. The van der Waals surface area contributed by atoms with Crippen molar-refractivity contribution >= 4 is 17.3 Å². The van der Waals surface area contributed by atoms with Crippen LogP contribution in [0.25, 0.3) is 0 Å². The predicted octanol–water partition coefficient (Wildman–Crippen LogP) is 2.71. The Balaban J connectivity index is 1.35. The molecule has 1 N–H and O–H groups in total. The fraction of sp³-hybridized carbons (Fsp3) is 0.944. The van der Waals surface area contributed by atoms with E-state index in [2.05, 4.69) is 29.0 Å². The maximum absolute atomic E-state index is 5.54. The molecule has 1 heterocycles. The van der Waals surface area contributed by atoms with Crippen molar-refractivity contribution in [2.45, 2.75) is 58.0 Å². The summed E-state index contributed by atoms with van der Waals surface area (Å²) in [5.74, 6) is 4.21. The minimum absolute atomic E-state index is 0.440. The van der Waals surface area contributed by atoms with Crippen molar-refractivity contribution in [1.29, 1.82) is 0 Å². The fourth-order valence-electron chi connectivity index (χ4n) is 6.05. The summed E-state index contributed by atoms with van der Waals surface area (Å²) < 4.78 is 0. The first-order valence-corrected chi connectivity index (χ1v) is 9.80. The first-order valence-electron chi connectivity index (χ1n) is 9.39. The molecule has 0 radical (unpaired) electrons. The number of hydrogen-bond acceptors (Lipinski definition) is 2. The molecule has 3 nitrogen and oxygen atoms in total. The van der Waals surface area contributed by atoms with Crippen molar-refractivity contribution in [2.24, 2.45) is 23.7 Å². The lowest BCUT2D eigenvalue weighted by molar-refractivity contribution is -0.0727. The van der Waals surface area contributed by atoms with Crippen LogP contribution in [0.1, 0.15) is 46.0 Å². The number of nitrogens with one attached hydrogen (secondary N) is 1. The summed E-state index contributed by atoms with van der Waals surface area (Å²) in [6.45, 7) is 8.98. The predicted molar refractivity (Wildman–Crippen MR) is 94.8 cm³/mol. The Hall–Kier alpha value is -0.350. The smallest absolute Gasteiger partial charge is 0.169 e. The zero-order valence-corrected chi connectivity index (χ0v) is 14.9.